The fourth-order valence-corrected chi connectivity index (χ4v) is 1.38. The van der Waals surface area contributed by atoms with Crippen LogP contribution in [0.1, 0.15) is 22.9 Å². The molecule has 2 rings (SSSR count). The van der Waals surface area contributed by atoms with Crippen LogP contribution in [-0.2, 0) is 25.2 Å². The largest absolute Gasteiger partial charge is 0.452 e. The molecule has 0 spiro atoms. The smallest absolute Gasteiger partial charge is 0.351 e. The van der Waals surface area contributed by atoms with Gasteiger partial charge in [0.15, 0.2) is 0 Å². The van der Waals surface area contributed by atoms with E-state index in [1.165, 1.54) is 0 Å². The number of aryl methyl sites for hydroxylation is 2. The fraction of sp³-hybridized carbons (Fsp3) is 0.400. The first-order valence-corrected chi connectivity index (χ1v) is 5.22. The van der Waals surface area contributed by atoms with Gasteiger partial charge in [-0.15, -0.1) is 0 Å². The first-order valence-electron chi connectivity index (χ1n) is 5.22. The van der Waals surface area contributed by atoms with Gasteiger partial charge in [-0.1, -0.05) is 10.3 Å². The Balaban J connectivity index is 1.99. The van der Waals surface area contributed by atoms with Crippen LogP contribution >= 0.6 is 0 Å². The maximum Gasteiger partial charge on any atom is 0.452 e. The van der Waals surface area contributed by atoms with E-state index in [4.69, 9.17) is 0 Å². The second-order valence-electron chi connectivity index (χ2n) is 3.86. The molecule has 0 fully saturated rings. The normalized spacial score (nSPS) is 12.9. The van der Waals surface area contributed by atoms with E-state index >= 15 is 0 Å². The summed E-state index contributed by atoms with van der Waals surface area (Å²) in [7, 11) is 0. The maximum absolute atomic E-state index is 12.2. The van der Waals surface area contributed by atoms with Crippen LogP contribution in [0, 0.1) is 0 Å². The van der Waals surface area contributed by atoms with E-state index in [9.17, 15) is 26.3 Å². The third-order valence-corrected chi connectivity index (χ3v) is 2.31. The molecule has 0 unspecified atom stereocenters. The van der Waals surface area contributed by atoms with Gasteiger partial charge in [0.05, 0.1) is 11.4 Å². The molecule has 0 aliphatic rings. The summed E-state index contributed by atoms with van der Waals surface area (Å²) in [6.45, 7) is 0. The summed E-state index contributed by atoms with van der Waals surface area (Å²) < 4.78 is 81.4. The van der Waals surface area contributed by atoms with Gasteiger partial charge in [-0.25, -0.2) is 0 Å². The van der Waals surface area contributed by atoms with Crippen molar-refractivity contribution in [3.05, 3.63) is 35.0 Å². The van der Waals surface area contributed by atoms with Crippen molar-refractivity contribution >= 4 is 0 Å². The lowest BCUT2D eigenvalue weighted by atomic mass is 10.2. The van der Waals surface area contributed by atoms with Gasteiger partial charge in [0.1, 0.15) is 0 Å². The molecule has 110 valence electrons. The number of halogens is 6. The topological polar surface area (TPSA) is 52.1 Å². The number of rotatable bonds is 3. The summed E-state index contributed by atoms with van der Waals surface area (Å²) in [6, 6.07) is 1.37. The molecule has 0 saturated heterocycles. The third-order valence-electron chi connectivity index (χ3n) is 2.31. The minimum Gasteiger partial charge on any atom is -0.351 e. The van der Waals surface area contributed by atoms with Crippen molar-refractivity contribution in [1.29, 1.82) is 0 Å². The molecule has 0 atom stereocenters. The highest BCUT2D eigenvalue weighted by Crippen LogP contribution is 2.31. The van der Waals surface area contributed by atoms with Crippen LogP contribution in [0.3, 0.4) is 0 Å². The molecule has 0 saturated carbocycles. The second-order valence-corrected chi connectivity index (χ2v) is 3.86. The summed E-state index contributed by atoms with van der Waals surface area (Å²) in [5.41, 5.74) is -0.0669. The quantitative estimate of drug-likeness (QED) is 0.814. The van der Waals surface area contributed by atoms with E-state index in [0.29, 0.717) is 12.1 Å². The predicted molar refractivity (Wildman–Crippen MR) is 50.4 cm³/mol. The first kappa shape index (κ1) is 14.4. The van der Waals surface area contributed by atoms with Crippen LogP contribution in [0.2, 0.25) is 0 Å². The fourth-order valence-electron chi connectivity index (χ4n) is 1.38. The van der Waals surface area contributed by atoms with Crippen molar-refractivity contribution < 1.29 is 35.4 Å². The standard InChI is InChI=1S/C10H6F6N2O2/c11-9(12,13)7-3-5(17-19-7)1-2-6-4-8(20-18-6)10(14,15)16/h3-4H,1-2H2. The van der Waals surface area contributed by atoms with Crippen LogP contribution in [-0.4, -0.2) is 10.3 Å². The van der Waals surface area contributed by atoms with E-state index in [-0.39, 0.29) is 24.2 Å². The number of hydrogen-bond donors (Lipinski definition) is 0. The Labute approximate surface area is 107 Å². The second kappa shape index (κ2) is 4.84. The SMILES string of the molecule is FC(F)(F)c1cc(CCc2cc(C(F)(F)F)on2)no1. The zero-order chi connectivity index (χ0) is 15.0. The van der Waals surface area contributed by atoms with Crippen LogP contribution < -0.4 is 0 Å². The molecular weight excluding hydrogens is 294 g/mol. The van der Waals surface area contributed by atoms with Gasteiger partial charge in [0, 0.05) is 12.1 Å². The molecule has 0 aromatic carbocycles. The van der Waals surface area contributed by atoms with Crippen LogP contribution in [0.5, 0.6) is 0 Å². The summed E-state index contributed by atoms with van der Waals surface area (Å²) in [6.07, 6.45) is -9.40. The van der Waals surface area contributed by atoms with E-state index in [2.05, 4.69) is 19.4 Å². The summed E-state index contributed by atoms with van der Waals surface area (Å²) in [5.74, 6) is -2.52. The molecule has 10 heteroatoms. The van der Waals surface area contributed by atoms with E-state index in [1.807, 2.05) is 0 Å². The molecule has 0 aliphatic heterocycles. The number of nitrogens with zero attached hydrogens (tertiary/aromatic N) is 2. The molecule has 0 radical (unpaired) electrons. The minimum atomic E-state index is -4.65. The average Bonchev–Trinajstić information content (AvgIpc) is 2.94. The predicted octanol–water partition coefficient (Wildman–Crippen LogP) is 3.49. The van der Waals surface area contributed by atoms with Gasteiger partial charge in [0.2, 0.25) is 11.5 Å². The van der Waals surface area contributed by atoms with Gasteiger partial charge < -0.3 is 9.05 Å². The highest BCUT2D eigenvalue weighted by molar-refractivity contribution is 5.12. The molecule has 0 aliphatic carbocycles. The first-order chi connectivity index (χ1) is 9.16. The summed E-state index contributed by atoms with van der Waals surface area (Å²) >= 11 is 0. The maximum atomic E-state index is 12.2. The minimum absolute atomic E-state index is 0.0334. The van der Waals surface area contributed by atoms with Gasteiger partial charge in [0.25, 0.3) is 0 Å². The summed E-state index contributed by atoms with van der Waals surface area (Å²) in [4.78, 5) is 0. The van der Waals surface area contributed by atoms with Crippen molar-refractivity contribution in [2.24, 2.45) is 0 Å². The molecule has 2 aromatic rings. The van der Waals surface area contributed by atoms with Gasteiger partial charge in [-0.2, -0.15) is 26.3 Å². The van der Waals surface area contributed by atoms with E-state index in [0.717, 1.165) is 0 Å². The van der Waals surface area contributed by atoms with Crippen molar-refractivity contribution in [1.82, 2.24) is 10.3 Å². The highest BCUT2D eigenvalue weighted by Gasteiger charge is 2.37. The molecule has 2 heterocycles. The van der Waals surface area contributed by atoms with Crippen molar-refractivity contribution in [3.8, 4) is 0 Å². The molecule has 4 nitrogen and oxygen atoms in total. The monoisotopic (exact) mass is 300 g/mol. The Morgan fingerprint density at radius 1 is 0.750 bits per heavy atom. The van der Waals surface area contributed by atoms with Gasteiger partial charge in [-0.3, -0.25) is 0 Å². The number of hydrogen-bond acceptors (Lipinski definition) is 4. The Bertz CT molecular complexity index is 531. The van der Waals surface area contributed by atoms with Crippen LogP contribution in [0.15, 0.2) is 21.2 Å². The number of aromatic nitrogens is 2. The molecular formula is C10H6F6N2O2. The van der Waals surface area contributed by atoms with Crippen LogP contribution in [0.25, 0.3) is 0 Å². The van der Waals surface area contributed by atoms with E-state index in [1.54, 1.807) is 0 Å². The zero-order valence-corrected chi connectivity index (χ0v) is 9.55. The summed E-state index contributed by atoms with van der Waals surface area (Å²) in [5, 5.41) is 6.36. The average molecular weight is 300 g/mol. The van der Waals surface area contributed by atoms with Crippen molar-refractivity contribution in [2.45, 2.75) is 25.2 Å². The number of alkyl halides is 6. The zero-order valence-electron chi connectivity index (χ0n) is 9.55. The molecule has 20 heavy (non-hydrogen) atoms. The Morgan fingerprint density at radius 3 is 1.35 bits per heavy atom. The van der Waals surface area contributed by atoms with Crippen molar-refractivity contribution in [2.75, 3.05) is 0 Å². The van der Waals surface area contributed by atoms with Gasteiger partial charge in [-0.05, 0) is 12.8 Å². The lowest BCUT2D eigenvalue weighted by Crippen LogP contribution is -2.02. The van der Waals surface area contributed by atoms with Crippen molar-refractivity contribution in [3.63, 3.8) is 0 Å². The molecule has 0 bridgehead atoms. The van der Waals surface area contributed by atoms with E-state index < -0.39 is 23.9 Å². The Hall–Kier alpha value is -2.00. The van der Waals surface area contributed by atoms with Gasteiger partial charge >= 0.3 is 12.4 Å². The Morgan fingerprint density at radius 2 is 1.10 bits per heavy atom. The Kier molecular flexibility index (Phi) is 3.48. The lowest BCUT2D eigenvalue weighted by molar-refractivity contribution is -0.156. The lowest BCUT2D eigenvalue weighted by Gasteiger charge is -1.97. The highest BCUT2D eigenvalue weighted by atomic mass is 19.4. The van der Waals surface area contributed by atoms with Crippen LogP contribution in [0.4, 0.5) is 26.3 Å². The molecule has 0 amide bonds. The third kappa shape index (κ3) is 3.31. The molecule has 2 aromatic heterocycles. The molecule has 0 N–H and O–H groups in total.